The van der Waals surface area contributed by atoms with Crippen molar-refractivity contribution in [3.63, 3.8) is 0 Å². The van der Waals surface area contributed by atoms with Gasteiger partial charge in [0.25, 0.3) is 0 Å². The zero-order valence-corrected chi connectivity index (χ0v) is 12.2. The molecule has 0 aliphatic carbocycles. The SMILES string of the molecule is COc1ccc(/C=C/C(=O)/C=C/c2ccc(C)cc2)cc1. The van der Waals surface area contributed by atoms with Gasteiger partial charge in [-0.05, 0) is 42.3 Å². The summed E-state index contributed by atoms with van der Waals surface area (Å²) in [6.45, 7) is 2.04. The smallest absolute Gasteiger partial charge is 0.178 e. The van der Waals surface area contributed by atoms with Crippen molar-refractivity contribution in [1.82, 2.24) is 0 Å². The number of hydrogen-bond acceptors (Lipinski definition) is 2. The zero-order chi connectivity index (χ0) is 15.1. The molecule has 2 rings (SSSR count). The van der Waals surface area contributed by atoms with Gasteiger partial charge in [0.2, 0.25) is 0 Å². The molecule has 0 aliphatic heterocycles. The van der Waals surface area contributed by atoms with Crippen LogP contribution in [0.2, 0.25) is 0 Å². The number of rotatable bonds is 5. The first-order valence-corrected chi connectivity index (χ1v) is 6.78. The summed E-state index contributed by atoms with van der Waals surface area (Å²) >= 11 is 0. The highest BCUT2D eigenvalue weighted by Gasteiger charge is 1.93. The summed E-state index contributed by atoms with van der Waals surface area (Å²) in [5, 5.41) is 0. The molecule has 0 saturated carbocycles. The van der Waals surface area contributed by atoms with Gasteiger partial charge in [-0.15, -0.1) is 0 Å². The third-order valence-electron chi connectivity index (χ3n) is 3.07. The topological polar surface area (TPSA) is 26.3 Å². The Morgan fingerprint density at radius 1 is 0.857 bits per heavy atom. The molecule has 21 heavy (non-hydrogen) atoms. The number of benzene rings is 2. The second kappa shape index (κ2) is 7.25. The Kier molecular flexibility index (Phi) is 5.10. The van der Waals surface area contributed by atoms with Crippen molar-refractivity contribution >= 4 is 17.9 Å². The maximum Gasteiger partial charge on any atom is 0.178 e. The summed E-state index contributed by atoms with van der Waals surface area (Å²) in [5.41, 5.74) is 3.19. The largest absolute Gasteiger partial charge is 0.497 e. The minimum atomic E-state index is -0.0357. The molecule has 0 fully saturated rings. The lowest BCUT2D eigenvalue weighted by atomic mass is 10.1. The first-order chi connectivity index (χ1) is 10.2. The number of carbonyl (C=O) groups is 1. The molecule has 0 aliphatic rings. The number of ether oxygens (including phenoxy) is 1. The van der Waals surface area contributed by atoms with Gasteiger partial charge in [-0.1, -0.05) is 54.1 Å². The molecule has 0 spiro atoms. The monoisotopic (exact) mass is 278 g/mol. The second-order valence-corrected chi connectivity index (χ2v) is 4.75. The molecule has 2 nitrogen and oxygen atoms in total. The zero-order valence-electron chi connectivity index (χ0n) is 12.2. The van der Waals surface area contributed by atoms with E-state index in [1.165, 1.54) is 5.56 Å². The highest BCUT2D eigenvalue weighted by Crippen LogP contribution is 2.12. The molecule has 0 saturated heterocycles. The highest BCUT2D eigenvalue weighted by atomic mass is 16.5. The summed E-state index contributed by atoms with van der Waals surface area (Å²) in [6.07, 6.45) is 6.75. The molecule has 0 radical (unpaired) electrons. The van der Waals surface area contributed by atoms with Gasteiger partial charge in [-0.25, -0.2) is 0 Å². The van der Waals surface area contributed by atoms with Crippen LogP contribution < -0.4 is 4.74 Å². The van der Waals surface area contributed by atoms with E-state index in [-0.39, 0.29) is 5.78 Å². The van der Waals surface area contributed by atoms with Gasteiger partial charge < -0.3 is 4.74 Å². The van der Waals surface area contributed by atoms with Gasteiger partial charge in [-0.2, -0.15) is 0 Å². The highest BCUT2D eigenvalue weighted by molar-refractivity contribution is 6.04. The van der Waals surface area contributed by atoms with Gasteiger partial charge in [-0.3, -0.25) is 4.79 Å². The van der Waals surface area contributed by atoms with Gasteiger partial charge in [0.05, 0.1) is 7.11 Å². The molecular formula is C19H18O2. The van der Waals surface area contributed by atoms with Crippen LogP contribution in [0.5, 0.6) is 5.75 Å². The van der Waals surface area contributed by atoms with Crippen LogP contribution in [0, 0.1) is 6.92 Å². The Balaban J connectivity index is 1.96. The van der Waals surface area contributed by atoms with E-state index >= 15 is 0 Å². The Hall–Kier alpha value is -2.61. The third kappa shape index (κ3) is 4.77. The lowest BCUT2D eigenvalue weighted by Gasteiger charge is -1.98. The van der Waals surface area contributed by atoms with E-state index in [9.17, 15) is 4.79 Å². The fourth-order valence-corrected chi connectivity index (χ4v) is 1.80. The van der Waals surface area contributed by atoms with Crippen molar-refractivity contribution in [3.8, 4) is 5.75 Å². The van der Waals surface area contributed by atoms with Crippen LogP contribution in [0.4, 0.5) is 0 Å². The molecule has 0 atom stereocenters. The summed E-state index contributed by atoms with van der Waals surface area (Å²) in [5.74, 6) is 0.768. The molecule has 2 heteroatoms. The molecule has 2 aromatic carbocycles. The normalized spacial score (nSPS) is 11.1. The van der Waals surface area contributed by atoms with Crippen molar-refractivity contribution in [2.24, 2.45) is 0 Å². The van der Waals surface area contributed by atoms with Crippen LogP contribution in [0.3, 0.4) is 0 Å². The summed E-state index contributed by atoms with van der Waals surface area (Å²) in [6, 6.07) is 15.6. The van der Waals surface area contributed by atoms with E-state index in [1.807, 2.05) is 61.5 Å². The fraction of sp³-hybridized carbons (Fsp3) is 0.105. The summed E-state index contributed by atoms with van der Waals surface area (Å²) in [7, 11) is 1.63. The fourth-order valence-electron chi connectivity index (χ4n) is 1.80. The van der Waals surface area contributed by atoms with Gasteiger partial charge in [0, 0.05) is 0 Å². The van der Waals surface area contributed by atoms with E-state index in [1.54, 1.807) is 25.3 Å². The molecule has 0 aromatic heterocycles. The average Bonchev–Trinajstić information content (AvgIpc) is 2.53. The number of carbonyl (C=O) groups excluding carboxylic acids is 1. The van der Waals surface area contributed by atoms with Crippen LogP contribution >= 0.6 is 0 Å². The predicted molar refractivity (Wildman–Crippen MR) is 87.2 cm³/mol. The first-order valence-electron chi connectivity index (χ1n) is 6.78. The molecule has 0 unspecified atom stereocenters. The van der Waals surface area contributed by atoms with E-state index < -0.39 is 0 Å². The third-order valence-corrected chi connectivity index (χ3v) is 3.07. The lowest BCUT2D eigenvalue weighted by Crippen LogP contribution is -1.85. The molecule has 0 bridgehead atoms. The number of hydrogen-bond donors (Lipinski definition) is 0. The van der Waals surface area contributed by atoms with Gasteiger partial charge >= 0.3 is 0 Å². The van der Waals surface area contributed by atoms with Crippen LogP contribution in [-0.4, -0.2) is 12.9 Å². The average molecular weight is 278 g/mol. The maximum absolute atomic E-state index is 11.8. The lowest BCUT2D eigenvalue weighted by molar-refractivity contribution is -0.110. The molecule has 0 heterocycles. The summed E-state index contributed by atoms with van der Waals surface area (Å²) in [4.78, 5) is 11.8. The van der Waals surface area contributed by atoms with Crippen LogP contribution in [0.1, 0.15) is 16.7 Å². The van der Waals surface area contributed by atoms with E-state index in [0.717, 1.165) is 16.9 Å². The second-order valence-electron chi connectivity index (χ2n) is 4.75. The molecular weight excluding hydrogens is 260 g/mol. The van der Waals surface area contributed by atoms with Crippen molar-refractivity contribution in [1.29, 1.82) is 0 Å². The van der Waals surface area contributed by atoms with Crippen molar-refractivity contribution in [3.05, 3.63) is 77.4 Å². The molecule has 106 valence electrons. The quantitative estimate of drug-likeness (QED) is 0.762. The number of methoxy groups -OCH3 is 1. The van der Waals surface area contributed by atoms with E-state index in [4.69, 9.17) is 4.74 Å². The minimum absolute atomic E-state index is 0.0357. The Morgan fingerprint density at radius 3 is 1.81 bits per heavy atom. The Labute approximate surface area is 125 Å². The predicted octanol–water partition coefficient (Wildman–Crippen LogP) is 4.30. The van der Waals surface area contributed by atoms with E-state index in [2.05, 4.69) is 0 Å². The molecule has 2 aromatic rings. The van der Waals surface area contributed by atoms with Gasteiger partial charge in [0.1, 0.15) is 5.75 Å². The number of ketones is 1. The standard InChI is InChI=1S/C19H18O2/c1-15-3-5-16(6-4-15)7-11-18(20)12-8-17-9-13-19(21-2)14-10-17/h3-14H,1-2H3/b11-7+,12-8+. The van der Waals surface area contributed by atoms with Gasteiger partial charge in [0.15, 0.2) is 5.78 Å². The van der Waals surface area contributed by atoms with Crippen LogP contribution in [0.15, 0.2) is 60.7 Å². The first kappa shape index (κ1) is 14.8. The maximum atomic E-state index is 11.8. The number of allylic oxidation sites excluding steroid dienone is 2. The van der Waals surface area contributed by atoms with E-state index in [0.29, 0.717) is 0 Å². The Bertz CT molecular complexity index is 647. The molecule has 0 amide bonds. The Morgan fingerprint density at radius 2 is 1.33 bits per heavy atom. The molecule has 0 N–H and O–H groups in total. The minimum Gasteiger partial charge on any atom is -0.497 e. The number of aryl methyl sites for hydroxylation is 1. The van der Waals surface area contributed by atoms with Crippen LogP contribution in [-0.2, 0) is 4.79 Å². The van der Waals surface area contributed by atoms with Crippen molar-refractivity contribution in [2.45, 2.75) is 6.92 Å². The van der Waals surface area contributed by atoms with Crippen LogP contribution in [0.25, 0.3) is 12.2 Å². The summed E-state index contributed by atoms with van der Waals surface area (Å²) < 4.78 is 5.09. The van der Waals surface area contributed by atoms with Crippen molar-refractivity contribution in [2.75, 3.05) is 7.11 Å². The van der Waals surface area contributed by atoms with Crippen molar-refractivity contribution < 1.29 is 9.53 Å².